The summed E-state index contributed by atoms with van der Waals surface area (Å²) in [5.74, 6) is 0.124. The zero-order valence-electron chi connectivity index (χ0n) is 10.8. The second-order valence-electron chi connectivity index (χ2n) is 4.32. The molecule has 0 aliphatic heterocycles. The van der Waals surface area contributed by atoms with E-state index in [1.54, 1.807) is 24.1 Å². The number of alkyl halides is 3. The van der Waals surface area contributed by atoms with Crippen molar-refractivity contribution in [3.05, 3.63) is 47.8 Å². The number of hydrogen-bond donors (Lipinski definition) is 1. The van der Waals surface area contributed by atoms with Crippen LogP contribution in [0.5, 0.6) is 5.75 Å². The Kier molecular flexibility index (Phi) is 3.99. The first kappa shape index (κ1) is 14.4. The quantitative estimate of drug-likeness (QED) is 0.939. The highest BCUT2D eigenvalue weighted by Crippen LogP contribution is 2.32. The van der Waals surface area contributed by atoms with E-state index in [0.29, 0.717) is 5.56 Å². The molecule has 20 heavy (non-hydrogen) atoms. The number of benzene rings is 1. The first-order chi connectivity index (χ1) is 9.40. The van der Waals surface area contributed by atoms with Crippen molar-refractivity contribution in [2.75, 3.05) is 6.54 Å². The summed E-state index contributed by atoms with van der Waals surface area (Å²) >= 11 is 0. The van der Waals surface area contributed by atoms with Gasteiger partial charge in [-0.15, -0.1) is 0 Å². The normalized spacial score (nSPS) is 13.2. The number of halogens is 3. The molecule has 1 aromatic heterocycles. The van der Waals surface area contributed by atoms with E-state index >= 15 is 0 Å². The van der Waals surface area contributed by atoms with Crippen LogP contribution in [0.15, 0.2) is 36.7 Å². The lowest BCUT2D eigenvalue weighted by Crippen LogP contribution is -2.18. The molecular weight excluding hydrogens is 271 g/mol. The lowest BCUT2D eigenvalue weighted by Gasteiger charge is -2.17. The van der Waals surface area contributed by atoms with Crippen LogP contribution in [0.25, 0.3) is 0 Å². The molecule has 4 nitrogen and oxygen atoms in total. The van der Waals surface area contributed by atoms with E-state index in [1.807, 2.05) is 0 Å². The van der Waals surface area contributed by atoms with E-state index in [0.717, 1.165) is 12.1 Å². The van der Waals surface area contributed by atoms with Gasteiger partial charge in [-0.3, -0.25) is 4.68 Å². The number of rotatable bonds is 4. The van der Waals surface area contributed by atoms with Crippen LogP contribution in [-0.2, 0) is 13.2 Å². The molecule has 0 spiro atoms. The first-order valence-corrected chi connectivity index (χ1v) is 5.92. The zero-order valence-corrected chi connectivity index (χ0v) is 10.8. The van der Waals surface area contributed by atoms with Crippen LogP contribution in [-0.4, -0.2) is 16.3 Å². The number of aryl methyl sites for hydroxylation is 1. The molecule has 0 aliphatic carbocycles. The third-order valence-electron chi connectivity index (χ3n) is 2.75. The van der Waals surface area contributed by atoms with Gasteiger partial charge in [-0.05, 0) is 18.2 Å². The summed E-state index contributed by atoms with van der Waals surface area (Å²) in [7, 11) is 1.74. The van der Waals surface area contributed by atoms with Gasteiger partial charge in [-0.25, -0.2) is 0 Å². The number of aromatic nitrogens is 2. The molecule has 1 unspecified atom stereocenters. The average molecular weight is 285 g/mol. The lowest BCUT2D eigenvalue weighted by atomic mass is 10.2. The minimum atomic E-state index is -4.40. The van der Waals surface area contributed by atoms with Gasteiger partial charge in [0, 0.05) is 25.4 Å². The number of nitrogens with two attached hydrogens (primary N) is 1. The van der Waals surface area contributed by atoms with Gasteiger partial charge in [0.15, 0.2) is 0 Å². The third kappa shape index (κ3) is 3.30. The number of ether oxygens (including phenoxy) is 1. The van der Waals surface area contributed by atoms with Crippen molar-refractivity contribution in [3.8, 4) is 5.75 Å². The molecule has 1 heterocycles. The Morgan fingerprint density at radius 2 is 2.15 bits per heavy atom. The van der Waals surface area contributed by atoms with Crippen LogP contribution in [0.3, 0.4) is 0 Å². The molecule has 0 bridgehead atoms. The third-order valence-corrected chi connectivity index (χ3v) is 2.75. The second-order valence-corrected chi connectivity index (χ2v) is 4.32. The molecule has 7 heteroatoms. The molecule has 0 radical (unpaired) electrons. The van der Waals surface area contributed by atoms with E-state index in [-0.39, 0.29) is 12.3 Å². The van der Waals surface area contributed by atoms with Crippen LogP contribution in [0.1, 0.15) is 17.2 Å². The summed E-state index contributed by atoms with van der Waals surface area (Å²) in [6, 6.07) is 4.72. The standard InChI is InChI=1S/C13H14F3N3O/c1-19-8-9(7-18-19)12(6-17)20-11-4-2-3-10(5-11)13(14,15)16/h2-5,7-8,12H,6,17H2,1H3. The lowest BCUT2D eigenvalue weighted by molar-refractivity contribution is -0.137. The Hall–Kier alpha value is -2.02. The van der Waals surface area contributed by atoms with Crippen molar-refractivity contribution in [2.45, 2.75) is 12.3 Å². The minimum absolute atomic E-state index is 0.124. The molecule has 0 fully saturated rings. The van der Waals surface area contributed by atoms with E-state index < -0.39 is 17.8 Å². The average Bonchev–Trinajstić information content (AvgIpc) is 2.82. The van der Waals surface area contributed by atoms with Crippen molar-refractivity contribution < 1.29 is 17.9 Å². The van der Waals surface area contributed by atoms with Crippen molar-refractivity contribution in [2.24, 2.45) is 12.8 Å². The van der Waals surface area contributed by atoms with E-state index in [1.165, 1.54) is 12.1 Å². The Morgan fingerprint density at radius 3 is 2.70 bits per heavy atom. The maximum absolute atomic E-state index is 12.6. The molecule has 1 atom stereocenters. The maximum atomic E-state index is 12.6. The zero-order chi connectivity index (χ0) is 14.8. The van der Waals surface area contributed by atoms with Gasteiger partial charge in [0.05, 0.1) is 11.8 Å². The van der Waals surface area contributed by atoms with Crippen LogP contribution < -0.4 is 10.5 Å². The highest BCUT2D eigenvalue weighted by molar-refractivity contribution is 5.31. The predicted molar refractivity (Wildman–Crippen MR) is 67.1 cm³/mol. The SMILES string of the molecule is Cn1cc(C(CN)Oc2cccc(C(F)(F)F)c2)cn1. The van der Waals surface area contributed by atoms with Gasteiger partial charge >= 0.3 is 6.18 Å². The van der Waals surface area contributed by atoms with Gasteiger partial charge in [-0.2, -0.15) is 18.3 Å². The molecular formula is C13H14F3N3O. The molecule has 0 saturated carbocycles. The Labute approximate surface area is 114 Å². The van der Waals surface area contributed by atoms with Crippen molar-refractivity contribution in [3.63, 3.8) is 0 Å². The summed E-state index contributed by atoms with van der Waals surface area (Å²) in [5, 5.41) is 3.99. The van der Waals surface area contributed by atoms with Gasteiger partial charge in [0.1, 0.15) is 11.9 Å². The van der Waals surface area contributed by atoms with Crippen molar-refractivity contribution in [1.82, 2.24) is 9.78 Å². The van der Waals surface area contributed by atoms with Crippen LogP contribution >= 0.6 is 0 Å². The van der Waals surface area contributed by atoms with Crippen molar-refractivity contribution in [1.29, 1.82) is 0 Å². The van der Waals surface area contributed by atoms with Gasteiger partial charge in [0.2, 0.25) is 0 Å². The Morgan fingerprint density at radius 1 is 1.40 bits per heavy atom. The summed E-state index contributed by atoms with van der Waals surface area (Å²) in [6.07, 6.45) is -1.64. The highest BCUT2D eigenvalue weighted by Gasteiger charge is 2.30. The predicted octanol–water partition coefficient (Wildman–Crippen LogP) is 2.52. The molecule has 0 saturated heterocycles. The number of hydrogen-bond acceptors (Lipinski definition) is 3. The molecule has 2 aromatic rings. The molecule has 2 rings (SSSR count). The van der Waals surface area contributed by atoms with E-state index in [2.05, 4.69) is 5.10 Å². The molecule has 108 valence electrons. The van der Waals surface area contributed by atoms with Crippen molar-refractivity contribution >= 4 is 0 Å². The summed E-state index contributed by atoms with van der Waals surface area (Å²) in [4.78, 5) is 0. The summed E-state index contributed by atoms with van der Waals surface area (Å²) < 4.78 is 45.0. The second kappa shape index (κ2) is 5.54. The fraction of sp³-hybridized carbons (Fsp3) is 0.308. The minimum Gasteiger partial charge on any atom is -0.484 e. The Balaban J connectivity index is 2.20. The monoisotopic (exact) mass is 285 g/mol. The topological polar surface area (TPSA) is 53.1 Å². The van der Waals surface area contributed by atoms with Gasteiger partial charge in [-0.1, -0.05) is 6.07 Å². The largest absolute Gasteiger partial charge is 0.484 e. The maximum Gasteiger partial charge on any atom is 0.416 e. The molecule has 2 N–H and O–H groups in total. The molecule has 0 aliphatic rings. The van der Waals surface area contributed by atoms with Gasteiger partial charge in [0.25, 0.3) is 0 Å². The van der Waals surface area contributed by atoms with Crippen LogP contribution in [0.4, 0.5) is 13.2 Å². The molecule has 0 amide bonds. The molecule has 1 aromatic carbocycles. The first-order valence-electron chi connectivity index (χ1n) is 5.92. The smallest absolute Gasteiger partial charge is 0.416 e. The van der Waals surface area contributed by atoms with E-state index in [9.17, 15) is 13.2 Å². The summed E-state index contributed by atoms with van der Waals surface area (Å²) in [6.45, 7) is 0.141. The van der Waals surface area contributed by atoms with Gasteiger partial charge < -0.3 is 10.5 Å². The fourth-order valence-electron chi connectivity index (χ4n) is 1.77. The highest BCUT2D eigenvalue weighted by atomic mass is 19.4. The van der Waals surface area contributed by atoms with E-state index in [4.69, 9.17) is 10.5 Å². The van der Waals surface area contributed by atoms with Crippen LogP contribution in [0.2, 0.25) is 0 Å². The number of nitrogens with zero attached hydrogens (tertiary/aromatic N) is 2. The summed E-state index contributed by atoms with van der Waals surface area (Å²) in [5.41, 5.74) is 5.56. The van der Waals surface area contributed by atoms with Crippen LogP contribution in [0, 0.1) is 0 Å². The fourth-order valence-corrected chi connectivity index (χ4v) is 1.77. The Bertz CT molecular complexity index is 580.